The lowest BCUT2D eigenvalue weighted by Crippen LogP contribution is -2.53. The summed E-state index contributed by atoms with van der Waals surface area (Å²) in [6.07, 6.45) is 6.52. The van der Waals surface area contributed by atoms with Crippen LogP contribution >= 0.6 is 0 Å². The van der Waals surface area contributed by atoms with E-state index >= 15 is 0 Å². The summed E-state index contributed by atoms with van der Waals surface area (Å²) in [5, 5.41) is 7.27. The van der Waals surface area contributed by atoms with E-state index in [0.29, 0.717) is 12.5 Å². The Bertz CT molecular complexity index is 872. The van der Waals surface area contributed by atoms with Crippen LogP contribution in [0, 0.1) is 5.92 Å². The van der Waals surface area contributed by atoms with E-state index in [1.165, 1.54) is 31.2 Å². The van der Waals surface area contributed by atoms with Crippen LogP contribution in [0.15, 0.2) is 40.8 Å². The monoisotopic (exact) mass is 409 g/mol. The van der Waals surface area contributed by atoms with Crippen molar-refractivity contribution < 1.29 is 9.53 Å². The normalized spacial score (nSPS) is 25.8. The van der Waals surface area contributed by atoms with E-state index in [2.05, 4.69) is 29.7 Å². The van der Waals surface area contributed by atoms with Gasteiger partial charge in [-0.1, -0.05) is 31.9 Å². The molecular weight excluding hydrogens is 378 g/mol. The summed E-state index contributed by atoms with van der Waals surface area (Å²) >= 11 is 0. The molecule has 7 nitrogen and oxygen atoms in total. The van der Waals surface area contributed by atoms with E-state index < -0.39 is 0 Å². The van der Waals surface area contributed by atoms with Crippen LogP contribution in [-0.2, 0) is 6.42 Å². The Morgan fingerprint density at radius 3 is 2.67 bits per heavy atom. The number of methoxy groups -OCH3 is 1. The fourth-order valence-corrected chi connectivity index (χ4v) is 5.15. The maximum atomic E-state index is 13.3. The molecule has 2 fully saturated rings. The summed E-state index contributed by atoms with van der Waals surface area (Å²) in [7, 11) is 1.68. The largest absolute Gasteiger partial charge is 0.497 e. The molecule has 2 unspecified atom stereocenters. The number of carbonyl (C=O) groups excluding carboxylic acids is 1. The van der Waals surface area contributed by atoms with Crippen molar-refractivity contribution in [2.75, 3.05) is 20.2 Å². The van der Waals surface area contributed by atoms with Gasteiger partial charge in [0, 0.05) is 25.0 Å². The third kappa shape index (κ3) is 3.30. The number of urea groups is 1. The van der Waals surface area contributed by atoms with E-state index in [9.17, 15) is 4.79 Å². The maximum Gasteiger partial charge on any atom is 0.327 e. The number of hydrogen-bond donors (Lipinski definition) is 2. The van der Waals surface area contributed by atoms with Crippen LogP contribution in [0.5, 0.6) is 5.75 Å². The van der Waals surface area contributed by atoms with E-state index in [-0.39, 0.29) is 18.2 Å². The summed E-state index contributed by atoms with van der Waals surface area (Å²) < 4.78 is 5.26. The Morgan fingerprint density at radius 2 is 1.97 bits per heavy atom. The van der Waals surface area contributed by atoms with Crippen molar-refractivity contribution in [3.8, 4) is 5.75 Å². The molecule has 30 heavy (non-hydrogen) atoms. The van der Waals surface area contributed by atoms with Crippen molar-refractivity contribution in [2.45, 2.75) is 57.7 Å². The van der Waals surface area contributed by atoms with Crippen LogP contribution in [0.2, 0.25) is 0 Å². The highest BCUT2D eigenvalue weighted by atomic mass is 16.5. The van der Waals surface area contributed by atoms with Gasteiger partial charge in [-0.2, -0.15) is 0 Å². The SMILES string of the molecule is CCCN1C(=O)N2CC(Cc3ccc(OC)cc3)NC2=C2NC(C3CCCC3)=NC21. The Hall–Kier alpha value is -2.70. The third-order valence-corrected chi connectivity index (χ3v) is 6.67. The molecule has 1 aromatic rings. The number of amides is 2. The van der Waals surface area contributed by atoms with Gasteiger partial charge in [0.15, 0.2) is 6.17 Å². The van der Waals surface area contributed by atoms with Crippen LogP contribution in [0.1, 0.15) is 44.6 Å². The van der Waals surface area contributed by atoms with E-state index in [4.69, 9.17) is 9.73 Å². The molecule has 3 heterocycles. The molecule has 3 aliphatic heterocycles. The average Bonchev–Trinajstić information content (AvgIpc) is 3.50. The number of carbonyl (C=O) groups is 1. The summed E-state index contributed by atoms with van der Waals surface area (Å²) in [6, 6.07) is 8.43. The van der Waals surface area contributed by atoms with Crippen molar-refractivity contribution >= 4 is 11.9 Å². The molecule has 1 saturated heterocycles. The first-order valence-electron chi connectivity index (χ1n) is 11.2. The van der Waals surface area contributed by atoms with E-state index in [1.54, 1.807) is 7.11 Å². The van der Waals surface area contributed by atoms with E-state index in [1.807, 2.05) is 21.9 Å². The molecule has 2 amide bonds. The fourth-order valence-electron chi connectivity index (χ4n) is 5.15. The molecule has 160 valence electrons. The van der Waals surface area contributed by atoms with Crippen molar-refractivity contribution in [1.82, 2.24) is 20.4 Å². The molecule has 2 atom stereocenters. The highest BCUT2D eigenvalue weighted by Crippen LogP contribution is 2.35. The fraction of sp³-hybridized carbons (Fsp3) is 0.565. The number of fused-ring (bicyclic) bond motifs is 2. The minimum Gasteiger partial charge on any atom is -0.497 e. The molecule has 1 aliphatic carbocycles. The Balaban J connectivity index is 1.39. The molecule has 4 aliphatic rings. The summed E-state index contributed by atoms with van der Waals surface area (Å²) in [5.74, 6) is 3.37. The highest BCUT2D eigenvalue weighted by Gasteiger charge is 2.47. The highest BCUT2D eigenvalue weighted by molar-refractivity contribution is 5.91. The second kappa shape index (κ2) is 7.85. The Labute approximate surface area is 178 Å². The van der Waals surface area contributed by atoms with Gasteiger partial charge in [0.05, 0.1) is 7.11 Å². The first-order valence-corrected chi connectivity index (χ1v) is 11.2. The molecule has 1 saturated carbocycles. The molecule has 0 aromatic heterocycles. The van der Waals surface area contributed by atoms with Crippen molar-refractivity contribution in [3.63, 3.8) is 0 Å². The number of nitrogens with zero attached hydrogens (tertiary/aromatic N) is 3. The lowest BCUT2D eigenvalue weighted by atomic mass is 10.1. The number of benzene rings is 1. The lowest BCUT2D eigenvalue weighted by molar-refractivity contribution is 0.146. The molecule has 5 rings (SSSR count). The second-order valence-corrected chi connectivity index (χ2v) is 8.74. The van der Waals surface area contributed by atoms with Crippen LogP contribution in [-0.4, -0.2) is 54.1 Å². The summed E-state index contributed by atoms with van der Waals surface area (Å²) in [5.41, 5.74) is 2.29. The molecular formula is C23H31N5O2. The zero-order chi connectivity index (χ0) is 20.7. The van der Waals surface area contributed by atoms with Crippen molar-refractivity contribution in [1.29, 1.82) is 0 Å². The molecule has 0 radical (unpaired) electrons. The van der Waals surface area contributed by atoms with Gasteiger partial charge in [0.25, 0.3) is 0 Å². The number of amidine groups is 1. The topological polar surface area (TPSA) is 69.2 Å². The van der Waals surface area contributed by atoms with Gasteiger partial charge >= 0.3 is 6.03 Å². The number of aliphatic imine (C=N–C) groups is 1. The first-order chi connectivity index (χ1) is 14.7. The predicted octanol–water partition coefficient (Wildman–Crippen LogP) is 3.04. The zero-order valence-corrected chi connectivity index (χ0v) is 17.9. The standard InChI is InChI=1S/C23H31N5O2/c1-3-12-27-22-19(25-20(26-22)16-6-4-5-7-16)21-24-17(14-28(21)23(27)29)13-15-8-10-18(30-2)11-9-15/h8-11,16-17,22,24H,3-7,12-14H2,1-2H3,(H,25,26). The second-order valence-electron chi connectivity index (χ2n) is 8.74. The zero-order valence-electron chi connectivity index (χ0n) is 17.9. The van der Waals surface area contributed by atoms with Crippen molar-refractivity contribution in [3.05, 3.63) is 41.3 Å². The Kier molecular flexibility index (Phi) is 5.05. The molecule has 2 N–H and O–H groups in total. The minimum atomic E-state index is -0.202. The molecule has 0 bridgehead atoms. The van der Waals surface area contributed by atoms with Crippen LogP contribution < -0.4 is 15.4 Å². The van der Waals surface area contributed by atoms with Gasteiger partial charge in [-0.05, 0) is 43.4 Å². The number of ether oxygens (including phenoxy) is 1. The Morgan fingerprint density at radius 1 is 1.20 bits per heavy atom. The molecule has 1 aromatic carbocycles. The van der Waals surface area contributed by atoms with Gasteiger partial charge in [-0.3, -0.25) is 9.80 Å². The minimum absolute atomic E-state index is 0.0727. The lowest BCUT2D eigenvalue weighted by Gasteiger charge is -2.36. The maximum absolute atomic E-state index is 13.3. The first kappa shape index (κ1) is 19.3. The quantitative estimate of drug-likeness (QED) is 0.758. The van der Waals surface area contributed by atoms with Crippen LogP contribution in [0.4, 0.5) is 4.79 Å². The summed E-state index contributed by atoms with van der Waals surface area (Å²) in [6.45, 7) is 3.52. The number of nitrogens with one attached hydrogen (secondary N) is 2. The van der Waals surface area contributed by atoms with Crippen molar-refractivity contribution in [2.24, 2.45) is 10.9 Å². The predicted molar refractivity (Wildman–Crippen MR) is 116 cm³/mol. The van der Waals surface area contributed by atoms with Gasteiger partial charge in [-0.25, -0.2) is 9.79 Å². The van der Waals surface area contributed by atoms with Gasteiger partial charge in [0.1, 0.15) is 23.1 Å². The average molecular weight is 410 g/mol. The summed E-state index contributed by atoms with van der Waals surface area (Å²) in [4.78, 5) is 22.2. The number of rotatable bonds is 6. The van der Waals surface area contributed by atoms with E-state index in [0.717, 1.165) is 42.5 Å². The van der Waals surface area contributed by atoms with Gasteiger partial charge in [-0.15, -0.1) is 0 Å². The molecule has 0 spiro atoms. The third-order valence-electron chi connectivity index (χ3n) is 6.67. The molecule has 7 heteroatoms. The van der Waals surface area contributed by atoms with Gasteiger partial charge < -0.3 is 15.4 Å². The van der Waals surface area contributed by atoms with Crippen LogP contribution in [0.3, 0.4) is 0 Å². The smallest absolute Gasteiger partial charge is 0.327 e. The van der Waals surface area contributed by atoms with Gasteiger partial charge in [0.2, 0.25) is 0 Å². The number of hydrogen-bond acceptors (Lipinski definition) is 5. The van der Waals surface area contributed by atoms with Crippen LogP contribution in [0.25, 0.3) is 0 Å².